The van der Waals surface area contributed by atoms with Crippen molar-refractivity contribution in [2.24, 2.45) is 5.10 Å². The molecule has 0 spiro atoms. The fraction of sp³-hybridized carbons (Fsp3) is 0. The van der Waals surface area contributed by atoms with E-state index in [9.17, 15) is 14.9 Å². The molecule has 3 aromatic carbocycles. The highest BCUT2D eigenvalue weighted by atomic mass is 35.5. The molecule has 3 aromatic rings. The normalized spacial score (nSPS) is 10.6. The van der Waals surface area contributed by atoms with E-state index in [1.807, 2.05) is 0 Å². The van der Waals surface area contributed by atoms with Gasteiger partial charge in [-0.05, 0) is 48.5 Å². The van der Waals surface area contributed by atoms with E-state index in [0.29, 0.717) is 27.6 Å². The van der Waals surface area contributed by atoms with Gasteiger partial charge in [0.1, 0.15) is 5.75 Å². The average Bonchev–Trinajstić information content (AvgIpc) is 2.70. The van der Waals surface area contributed by atoms with Gasteiger partial charge in [-0.3, -0.25) is 15.5 Å². The number of benzene rings is 3. The summed E-state index contributed by atoms with van der Waals surface area (Å²) in [5.41, 5.74) is 4.30. The predicted octanol–water partition coefficient (Wildman–Crippen LogP) is 4.91. The third-order valence-electron chi connectivity index (χ3n) is 3.68. The Morgan fingerprint density at radius 2 is 1.71 bits per heavy atom. The number of carbonyl (C=O) groups is 1. The number of hydrogen-bond acceptors (Lipinski definition) is 6. The van der Waals surface area contributed by atoms with Gasteiger partial charge >= 0.3 is 5.97 Å². The van der Waals surface area contributed by atoms with Crippen molar-refractivity contribution in [2.75, 3.05) is 5.43 Å². The molecular formula is C20H14ClN3O4. The predicted molar refractivity (Wildman–Crippen MR) is 107 cm³/mol. The molecule has 0 aliphatic rings. The lowest BCUT2D eigenvalue weighted by Gasteiger charge is -2.07. The Kier molecular flexibility index (Phi) is 5.98. The second-order valence-corrected chi connectivity index (χ2v) is 6.04. The number of nitro groups is 1. The Labute approximate surface area is 165 Å². The summed E-state index contributed by atoms with van der Waals surface area (Å²) in [4.78, 5) is 22.5. The summed E-state index contributed by atoms with van der Waals surface area (Å²) >= 11 is 5.82. The number of nitrogens with zero attached hydrogens (tertiary/aromatic N) is 2. The fourth-order valence-corrected chi connectivity index (χ4v) is 2.38. The number of hydrogen-bond donors (Lipinski definition) is 1. The first kappa shape index (κ1) is 19.1. The maximum Gasteiger partial charge on any atom is 0.343 e. The summed E-state index contributed by atoms with van der Waals surface area (Å²) in [5, 5.41) is 15.3. The van der Waals surface area contributed by atoms with Gasteiger partial charge in [0, 0.05) is 22.7 Å². The first-order valence-corrected chi connectivity index (χ1v) is 8.51. The molecule has 1 N–H and O–H groups in total. The van der Waals surface area contributed by atoms with E-state index in [0.717, 1.165) is 0 Å². The van der Waals surface area contributed by atoms with Gasteiger partial charge in [0.25, 0.3) is 5.69 Å². The van der Waals surface area contributed by atoms with Crippen molar-refractivity contribution < 1.29 is 14.5 Å². The number of carbonyl (C=O) groups excluding carboxylic acids is 1. The minimum atomic E-state index is -0.513. The Bertz CT molecular complexity index is 1020. The average molecular weight is 396 g/mol. The molecule has 0 fully saturated rings. The lowest BCUT2D eigenvalue weighted by Crippen LogP contribution is -2.09. The van der Waals surface area contributed by atoms with Crippen molar-refractivity contribution in [3.8, 4) is 5.75 Å². The molecule has 0 bridgehead atoms. The smallest absolute Gasteiger partial charge is 0.343 e. The van der Waals surface area contributed by atoms with E-state index in [2.05, 4.69) is 10.5 Å². The fourth-order valence-electron chi connectivity index (χ4n) is 2.26. The molecule has 0 heterocycles. The largest absolute Gasteiger partial charge is 0.422 e. The van der Waals surface area contributed by atoms with Crippen LogP contribution in [0.4, 0.5) is 11.4 Å². The number of hydrazone groups is 1. The molecule has 3 rings (SSSR count). The van der Waals surface area contributed by atoms with Crippen LogP contribution in [0, 0.1) is 10.1 Å². The second-order valence-electron chi connectivity index (χ2n) is 5.61. The molecule has 0 amide bonds. The van der Waals surface area contributed by atoms with Crippen LogP contribution in [0.1, 0.15) is 15.9 Å². The van der Waals surface area contributed by atoms with Crippen molar-refractivity contribution in [3.63, 3.8) is 0 Å². The summed E-state index contributed by atoms with van der Waals surface area (Å²) < 4.78 is 5.44. The topological polar surface area (TPSA) is 93.8 Å². The van der Waals surface area contributed by atoms with E-state index in [1.165, 1.54) is 18.3 Å². The van der Waals surface area contributed by atoms with Crippen LogP contribution < -0.4 is 10.2 Å². The third kappa shape index (κ3) is 4.93. The molecule has 0 saturated heterocycles. The zero-order chi connectivity index (χ0) is 19.9. The van der Waals surface area contributed by atoms with Gasteiger partial charge in [-0.25, -0.2) is 4.79 Å². The number of nitro benzene ring substituents is 1. The second kappa shape index (κ2) is 8.79. The monoisotopic (exact) mass is 395 g/mol. The van der Waals surface area contributed by atoms with E-state index in [-0.39, 0.29) is 5.69 Å². The third-order valence-corrected chi connectivity index (χ3v) is 3.93. The Hall–Kier alpha value is -3.71. The number of ether oxygens (including phenoxy) is 1. The highest BCUT2D eigenvalue weighted by Gasteiger charge is 2.10. The van der Waals surface area contributed by atoms with Crippen molar-refractivity contribution >= 4 is 35.2 Å². The summed E-state index contributed by atoms with van der Waals surface area (Å²) in [7, 11) is 0. The summed E-state index contributed by atoms with van der Waals surface area (Å²) in [6.45, 7) is 0. The van der Waals surface area contributed by atoms with E-state index in [1.54, 1.807) is 60.7 Å². The summed E-state index contributed by atoms with van der Waals surface area (Å²) in [6, 6.07) is 19.1. The van der Waals surface area contributed by atoms with Crippen molar-refractivity contribution in [2.45, 2.75) is 0 Å². The summed E-state index contributed by atoms with van der Waals surface area (Å²) in [6.07, 6.45) is 1.49. The number of esters is 1. The van der Waals surface area contributed by atoms with Crippen LogP contribution in [0.25, 0.3) is 0 Å². The lowest BCUT2D eigenvalue weighted by atomic mass is 10.2. The molecule has 0 aromatic heterocycles. The Morgan fingerprint density at radius 1 is 1.04 bits per heavy atom. The Balaban J connectivity index is 1.69. The molecule has 7 nitrogen and oxygen atoms in total. The molecule has 0 atom stereocenters. The van der Waals surface area contributed by atoms with Crippen LogP contribution in [0.15, 0.2) is 77.9 Å². The van der Waals surface area contributed by atoms with Gasteiger partial charge in [-0.15, -0.1) is 0 Å². The number of anilines is 1. The summed E-state index contributed by atoms with van der Waals surface area (Å²) in [5.74, 6) is -0.169. The molecule has 140 valence electrons. The number of rotatable bonds is 6. The lowest BCUT2D eigenvalue weighted by molar-refractivity contribution is -0.384. The van der Waals surface area contributed by atoms with E-state index in [4.69, 9.17) is 16.3 Å². The van der Waals surface area contributed by atoms with E-state index >= 15 is 0 Å². The standard InChI is InChI=1S/C20H14ClN3O4/c21-16-7-5-14(6-8-16)20(25)28-19-4-2-1-3-15(19)13-22-23-17-9-11-18(12-10-17)24(26)27/h1-13,23H. The molecule has 0 aliphatic heterocycles. The van der Waals surface area contributed by atoms with Crippen molar-refractivity contribution in [1.82, 2.24) is 0 Å². The molecule has 0 radical (unpaired) electrons. The maximum atomic E-state index is 12.3. The maximum absolute atomic E-state index is 12.3. The number of para-hydroxylation sites is 1. The van der Waals surface area contributed by atoms with Gasteiger partial charge < -0.3 is 4.74 Å². The molecule has 28 heavy (non-hydrogen) atoms. The quantitative estimate of drug-likeness (QED) is 0.210. The van der Waals surface area contributed by atoms with Gasteiger partial charge in [-0.1, -0.05) is 23.7 Å². The minimum absolute atomic E-state index is 0.00557. The number of halogens is 1. The van der Waals surface area contributed by atoms with Crippen LogP contribution in [-0.4, -0.2) is 17.1 Å². The Morgan fingerprint density at radius 3 is 2.39 bits per heavy atom. The molecule has 0 unspecified atom stereocenters. The van der Waals surface area contributed by atoms with Crippen LogP contribution in [0.2, 0.25) is 5.02 Å². The number of non-ortho nitro benzene ring substituents is 1. The van der Waals surface area contributed by atoms with Gasteiger partial charge in [0.2, 0.25) is 0 Å². The van der Waals surface area contributed by atoms with Crippen molar-refractivity contribution in [1.29, 1.82) is 0 Å². The van der Waals surface area contributed by atoms with Gasteiger partial charge in [0.15, 0.2) is 0 Å². The first-order valence-electron chi connectivity index (χ1n) is 8.13. The molecule has 8 heteroatoms. The van der Waals surface area contributed by atoms with Gasteiger partial charge in [0.05, 0.1) is 22.4 Å². The number of nitrogens with one attached hydrogen (secondary N) is 1. The highest BCUT2D eigenvalue weighted by Crippen LogP contribution is 2.19. The van der Waals surface area contributed by atoms with Crippen LogP contribution in [0.5, 0.6) is 5.75 Å². The van der Waals surface area contributed by atoms with Crippen LogP contribution in [0.3, 0.4) is 0 Å². The van der Waals surface area contributed by atoms with Gasteiger partial charge in [-0.2, -0.15) is 5.10 Å². The first-order chi connectivity index (χ1) is 13.5. The molecular weight excluding hydrogens is 382 g/mol. The minimum Gasteiger partial charge on any atom is -0.422 e. The molecule has 0 saturated carbocycles. The SMILES string of the molecule is O=C(Oc1ccccc1C=NNc1ccc([N+](=O)[O-])cc1)c1ccc(Cl)cc1. The van der Waals surface area contributed by atoms with Crippen LogP contribution in [-0.2, 0) is 0 Å². The van der Waals surface area contributed by atoms with E-state index < -0.39 is 10.9 Å². The molecule has 0 aliphatic carbocycles. The zero-order valence-electron chi connectivity index (χ0n) is 14.4. The van der Waals surface area contributed by atoms with Crippen LogP contribution >= 0.6 is 11.6 Å². The highest BCUT2D eigenvalue weighted by molar-refractivity contribution is 6.30. The van der Waals surface area contributed by atoms with Crippen molar-refractivity contribution in [3.05, 3.63) is 99.1 Å². The zero-order valence-corrected chi connectivity index (χ0v) is 15.2.